The Hall–Kier alpha value is -4.21. The number of benzene rings is 4. The van der Waals surface area contributed by atoms with Crippen LogP contribution in [0.1, 0.15) is 46.1 Å². The van der Waals surface area contributed by atoms with E-state index in [2.05, 4.69) is 140 Å². The Labute approximate surface area is 266 Å². The smallest absolute Gasteiger partial charge is 0.188 e. The second-order valence-corrected chi connectivity index (χ2v) is 12.1. The Morgan fingerprint density at radius 1 is 0.767 bits per heavy atom. The molecule has 7 aromatic rings. The van der Waals surface area contributed by atoms with Gasteiger partial charge in [0.05, 0.1) is 5.54 Å². The number of rotatable bonds is 5. The number of pyridine rings is 1. The topological polar surface area (TPSA) is 36.9 Å². The number of hydrogen-bond acceptors (Lipinski definition) is 2. The van der Waals surface area contributed by atoms with Gasteiger partial charge < -0.3 is 9.30 Å². The number of para-hydroxylation sites is 3. The SMILES string of the molecule is CC(C)c1ccnc(-n2c3[c-]c(Oc4[c-]c(-n5[cH+]n(C(C)(C)C)c6ccccc65)ccc4)ccc3c3ccccc32)c1.[Pt]. The van der Waals surface area contributed by atoms with E-state index in [1.54, 1.807) is 0 Å². The van der Waals surface area contributed by atoms with E-state index in [9.17, 15) is 0 Å². The molecule has 0 spiro atoms. The summed E-state index contributed by atoms with van der Waals surface area (Å²) < 4.78 is 13.1. The molecular weight excluding hydrogens is 712 g/mol. The van der Waals surface area contributed by atoms with Crippen molar-refractivity contribution in [2.24, 2.45) is 0 Å². The van der Waals surface area contributed by atoms with E-state index >= 15 is 0 Å². The average molecular weight is 745 g/mol. The molecule has 3 heterocycles. The fourth-order valence-corrected chi connectivity index (χ4v) is 5.68. The molecule has 0 aliphatic rings. The Bertz CT molecular complexity index is 2100. The van der Waals surface area contributed by atoms with Crippen LogP contribution in [-0.2, 0) is 26.6 Å². The Morgan fingerprint density at radius 2 is 1.49 bits per heavy atom. The molecule has 4 aromatic carbocycles. The number of fused-ring (bicyclic) bond motifs is 4. The molecule has 0 amide bonds. The van der Waals surface area contributed by atoms with Crippen molar-refractivity contribution in [3.05, 3.63) is 121 Å². The molecule has 0 radical (unpaired) electrons. The fraction of sp³-hybridized carbons (Fsp3) is 0.189. The fourth-order valence-electron chi connectivity index (χ4n) is 5.68. The van der Waals surface area contributed by atoms with Gasteiger partial charge in [0.15, 0.2) is 17.4 Å². The minimum Gasteiger partial charge on any atom is -0.508 e. The largest absolute Gasteiger partial charge is 0.508 e. The van der Waals surface area contributed by atoms with Gasteiger partial charge in [-0.15, -0.1) is 29.7 Å². The zero-order valence-electron chi connectivity index (χ0n) is 24.9. The number of hydrogen-bond donors (Lipinski definition) is 0. The van der Waals surface area contributed by atoms with Crippen LogP contribution in [0.3, 0.4) is 0 Å². The summed E-state index contributed by atoms with van der Waals surface area (Å²) in [5.74, 6) is 2.54. The van der Waals surface area contributed by atoms with Gasteiger partial charge >= 0.3 is 0 Å². The van der Waals surface area contributed by atoms with Crippen molar-refractivity contribution in [3.8, 4) is 23.0 Å². The Balaban J connectivity index is 0.00000329. The minimum absolute atomic E-state index is 0. The van der Waals surface area contributed by atoms with Crippen molar-refractivity contribution in [1.29, 1.82) is 0 Å². The predicted octanol–water partition coefficient (Wildman–Crippen LogP) is 9.47. The molecule has 5 nitrogen and oxygen atoms in total. The van der Waals surface area contributed by atoms with Crippen LogP contribution < -0.4 is 4.74 Å². The summed E-state index contributed by atoms with van der Waals surface area (Å²) in [4.78, 5) is 4.76. The van der Waals surface area contributed by atoms with Crippen LogP contribution in [0.15, 0.2) is 104 Å². The standard InChI is InChI=1S/C37H33N4O.Pt/c1-25(2)26-19-20-38-36(21-26)41-32-14-7-6-13-30(32)31-18-17-29(23-35(31)41)42-28-12-10-11-27(22-28)39-24-40(37(3,4)5)34-16-9-8-15-33(34)39;/h6-21,24-25H,1-5H3;/q-1;. The predicted molar refractivity (Wildman–Crippen MR) is 171 cm³/mol. The van der Waals surface area contributed by atoms with Gasteiger partial charge in [-0.2, -0.15) is 12.1 Å². The Kier molecular flexibility index (Phi) is 7.48. The van der Waals surface area contributed by atoms with E-state index in [1.807, 2.05) is 24.4 Å². The van der Waals surface area contributed by atoms with Crippen LogP contribution in [0.25, 0.3) is 44.3 Å². The molecule has 3 aromatic heterocycles. The van der Waals surface area contributed by atoms with Gasteiger partial charge in [-0.05, 0) is 68.0 Å². The summed E-state index contributed by atoms with van der Waals surface area (Å²) in [5.41, 5.74) is 6.41. The molecule has 0 aliphatic carbocycles. The first-order chi connectivity index (χ1) is 20.3. The van der Waals surface area contributed by atoms with Crippen LogP contribution >= 0.6 is 0 Å². The summed E-state index contributed by atoms with van der Waals surface area (Å²) in [6.45, 7) is 11.0. The van der Waals surface area contributed by atoms with E-state index in [1.165, 1.54) is 11.1 Å². The van der Waals surface area contributed by atoms with Crippen molar-refractivity contribution < 1.29 is 25.8 Å². The van der Waals surface area contributed by atoms with Crippen LogP contribution in [0.4, 0.5) is 0 Å². The van der Waals surface area contributed by atoms with E-state index in [0.717, 1.165) is 38.8 Å². The first-order valence-corrected chi connectivity index (χ1v) is 14.4. The number of imidazole rings is 1. The third-order valence-electron chi connectivity index (χ3n) is 7.81. The molecule has 218 valence electrons. The molecule has 6 heteroatoms. The van der Waals surface area contributed by atoms with Gasteiger partial charge in [0.2, 0.25) is 0 Å². The molecule has 43 heavy (non-hydrogen) atoms. The minimum atomic E-state index is -0.0642. The second-order valence-electron chi connectivity index (χ2n) is 12.1. The Morgan fingerprint density at radius 3 is 2.26 bits per heavy atom. The molecule has 7 rings (SSSR count). The second kappa shape index (κ2) is 11.1. The molecule has 0 N–H and O–H groups in total. The van der Waals surface area contributed by atoms with E-state index in [4.69, 9.17) is 9.72 Å². The summed E-state index contributed by atoms with van der Waals surface area (Å²) in [7, 11) is 0. The third kappa shape index (κ3) is 5.17. The van der Waals surface area contributed by atoms with Gasteiger partial charge in [-0.3, -0.25) is 0 Å². The van der Waals surface area contributed by atoms with Crippen molar-refractivity contribution in [1.82, 2.24) is 18.7 Å². The van der Waals surface area contributed by atoms with Crippen LogP contribution in [0.2, 0.25) is 0 Å². The molecule has 0 atom stereocenters. The average Bonchev–Trinajstić information content (AvgIpc) is 3.54. The van der Waals surface area contributed by atoms with Crippen LogP contribution in [0, 0.1) is 12.1 Å². The molecule has 0 saturated heterocycles. The normalized spacial score (nSPS) is 11.9. The zero-order chi connectivity index (χ0) is 29.0. The maximum Gasteiger partial charge on any atom is 0.188 e. The number of nitrogens with zero attached hydrogens (tertiary/aromatic N) is 4. The van der Waals surface area contributed by atoms with Gasteiger partial charge in [0.1, 0.15) is 5.82 Å². The van der Waals surface area contributed by atoms with Gasteiger partial charge in [0, 0.05) is 62.1 Å². The molecule has 0 fully saturated rings. The molecule has 0 unspecified atom stereocenters. The van der Waals surface area contributed by atoms with Gasteiger partial charge in [0.25, 0.3) is 0 Å². The first kappa shape index (κ1) is 28.9. The van der Waals surface area contributed by atoms with Gasteiger partial charge in [-0.25, -0.2) is 14.1 Å². The summed E-state index contributed by atoms with van der Waals surface area (Å²) in [6.07, 6.45) is 4.04. The van der Waals surface area contributed by atoms with Crippen LogP contribution in [-0.4, -0.2) is 18.7 Å². The number of aromatic nitrogens is 4. The zero-order valence-corrected chi connectivity index (χ0v) is 27.2. The van der Waals surface area contributed by atoms with Gasteiger partial charge in [-0.1, -0.05) is 43.6 Å². The maximum atomic E-state index is 6.42. The third-order valence-corrected chi connectivity index (χ3v) is 7.81. The first-order valence-electron chi connectivity index (χ1n) is 14.4. The van der Waals surface area contributed by atoms with Crippen molar-refractivity contribution >= 4 is 32.8 Å². The molecule has 0 saturated carbocycles. The van der Waals surface area contributed by atoms with Crippen molar-refractivity contribution in [2.75, 3.05) is 0 Å². The van der Waals surface area contributed by atoms with E-state index in [-0.39, 0.29) is 26.6 Å². The monoisotopic (exact) mass is 744 g/mol. The van der Waals surface area contributed by atoms with Crippen molar-refractivity contribution in [3.63, 3.8) is 0 Å². The quantitative estimate of drug-likeness (QED) is 0.165. The summed E-state index contributed by atoms with van der Waals surface area (Å²) >= 11 is 0. The van der Waals surface area contributed by atoms with E-state index < -0.39 is 0 Å². The maximum absolute atomic E-state index is 6.42. The molecule has 0 aliphatic heterocycles. The molecular formula is C37H33N4OPt-. The molecule has 0 bridgehead atoms. The summed E-state index contributed by atoms with van der Waals surface area (Å²) in [6, 6.07) is 38.3. The number of ether oxygens (including phenoxy) is 1. The van der Waals surface area contributed by atoms with Crippen LogP contribution in [0.5, 0.6) is 11.5 Å². The van der Waals surface area contributed by atoms with E-state index in [0.29, 0.717) is 17.4 Å². The van der Waals surface area contributed by atoms with Crippen molar-refractivity contribution in [2.45, 2.75) is 46.1 Å². The summed E-state index contributed by atoms with van der Waals surface area (Å²) in [5, 5.41) is 2.27.